The second-order valence-corrected chi connectivity index (χ2v) is 14.2. The quantitative estimate of drug-likeness (QED) is 0.0727. The van der Waals surface area contributed by atoms with Crippen molar-refractivity contribution in [3.63, 3.8) is 0 Å². The molecule has 53 heavy (non-hydrogen) atoms. The molecule has 0 aromatic heterocycles. The minimum atomic E-state index is -0.823. The van der Waals surface area contributed by atoms with E-state index in [1.54, 1.807) is 30.3 Å². The fourth-order valence-corrected chi connectivity index (χ4v) is 8.08. The van der Waals surface area contributed by atoms with Crippen LogP contribution in [-0.2, 0) is 16.2 Å². The molecule has 10 nitrogen and oxygen atoms in total. The van der Waals surface area contributed by atoms with Crippen LogP contribution in [0.4, 0.5) is 21.9 Å². The first-order valence-electron chi connectivity index (χ1n) is 17.3. The third-order valence-corrected chi connectivity index (χ3v) is 10.6. The number of nitro groups is 1. The molecule has 0 bridgehead atoms. The number of nitrogens with zero attached hydrogens (tertiary/aromatic N) is 3. The Bertz CT molecular complexity index is 2240. The topological polar surface area (TPSA) is 122 Å². The van der Waals surface area contributed by atoms with Crippen molar-refractivity contribution in [3.8, 4) is 5.75 Å². The summed E-state index contributed by atoms with van der Waals surface area (Å²) in [4.78, 5) is 55.8. The summed E-state index contributed by atoms with van der Waals surface area (Å²) in [6.07, 6.45) is 3.16. The Morgan fingerprint density at radius 3 is 2.08 bits per heavy atom. The second-order valence-electron chi connectivity index (χ2n) is 13.3. The highest BCUT2D eigenvalue weighted by molar-refractivity contribution is 9.10. The number of nitro benzene ring substituents is 1. The molecule has 3 aliphatic heterocycles. The Hall–Kier alpha value is -6.07. The molecule has 1 saturated heterocycles. The van der Waals surface area contributed by atoms with Crippen LogP contribution in [0.15, 0.2) is 125 Å². The number of non-ortho nitro benzene ring substituents is 1. The van der Waals surface area contributed by atoms with Crippen LogP contribution in [0.5, 0.6) is 5.75 Å². The van der Waals surface area contributed by atoms with Crippen LogP contribution in [0.2, 0.25) is 0 Å². The van der Waals surface area contributed by atoms with Crippen molar-refractivity contribution >= 4 is 56.9 Å². The summed E-state index contributed by atoms with van der Waals surface area (Å²) >= 11 is 3.47. The second kappa shape index (κ2) is 14.2. The largest absolute Gasteiger partial charge is 0.488 e. The third-order valence-electron chi connectivity index (χ3n) is 10.1. The molecule has 3 aliphatic rings. The summed E-state index contributed by atoms with van der Waals surface area (Å²) in [5.41, 5.74) is 6.61. The Labute approximate surface area is 314 Å². The maximum Gasteiger partial charge on any atom is 0.335 e. The van der Waals surface area contributed by atoms with Crippen LogP contribution in [0, 0.1) is 10.1 Å². The average molecular weight is 770 g/mol. The number of amides is 4. The molecular formula is C42H33BrN4O6. The van der Waals surface area contributed by atoms with Gasteiger partial charge in [0.15, 0.2) is 0 Å². The smallest absolute Gasteiger partial charge is 0.335 e. The number of nitrogens with one attached hydrogen (secondary N) is 1. The van der Waals surface area contributed by atoms with Crippen LogP contribution >= 0.6 is 15.9 Å². The van der Waals surface area contributed by atoms with Crippen LogP contribution < -0.4 is 19.9 Å². The van der Waals surface area contributed by atoms with E-state index in [4.69, 9.17) is 4.74 Å². The average Bonchev–Trinajstić information content (AvgIpc) is 3.17. The van der Waals surface area contributed by atoms with Crippen molar-refractivity contribution in [1.29, 1.82) is 0 Å². The number of carbonyl (C=O) groups is 3. The molecule has 5 aromatic carbocycles. The highest BCUT2D eigenvalue weighted by Gasteiger charge is 2.40. The molecule has 0 spiro atoms. The Morgan fingerprint density at radius 1 is 0.811 bits per heavy atom. The standard InChI is InChI=1S/C42H33BrN4O6/c43-30-14-15-38(53-25-26-8-7-13-31(20-26)47(51)52)29(21-30)22-37-40(48)44-42(50)46(41(37)49)32-23-35-33(27-9-3-1-4-10-27)16-18-45-19-17-34(36(24-32)39(35)45)28-11-5-2-6-12-28/h1-15,20-24,33-34H,16-19,25H2,(H,44,48,50)/b37-22+/t33-,34-/m0/s1. The normalized spacial score (nSPS) is 18.8. The van der Waals surface area contributed by atoms with Crippen molar-refractivity contribution in [2.24, 2.45) is 0 Å². The summed E-state index contributed by atoms with van der Waals surface area (Å²) in [5.74, 6) is -1.15. The SMILES string of the molecule is O=C1NC(=O)N(c2cc3c4c(c2)[C@H](c2ccccc2)CCN4CC[C@H]3c2ccccc2)C(=O)/C1=C/c1cc(Br)ccc1OCc1cccc([N+](=O)[O-])c1. The number of anilines is 2. The van der Waals surface area contributed by atoms with Crippen molar-refractivity contribution in [2.45, 2.75) is 31.3 Å². The number of halogens is 1. The van der Waals surface area contributed by atoms with Gasteiger partial charge in [-0.15, -0.1) is 0 Å². The third kappa shape index (κ3) is 6.60. The summed E-state index contributed by atoms with van der Waals surface area (Å²) in [5, 5.41) is 13.7. The van der Waals surface area contributed by atoms with Gasteiger partial charge in [0.1, 0.15) is 17.9 Å². The highest BCUT2D eigenvalue weighted by Crippen LogP contribution is 2.50. The number of ether oxygens (including phenoxy) is 1. The summed E-state index contributed by atoms with van der Waals surface area (Å²) in [7, 11) is 0. The fraction of sp³-hybridized carbons (Fsp3) is 0.167. The van der Waals surface area contributed by atoms with E-state index in [2.05, 4.69) is 50.4 Å². The number of hydrogen-bond acceptors (Lipinski definition) is 7. The summed E-state index contributed by atoms with van der Waals surface area (Å²) < 4.78 is 6.73. The lowest BCUT2D eigenvalue weighted by Crippen LogP contribution is -2.54. The maximum atomic E-state index is 14.4. The van der Waals surface area contributed by atoms with Crippen molar-refractivity contribution in [2.75, 3.05) is 22.9 Å². The predicted octanol–water partition coefficient (Wildman–Crippen LogP) is 8.48. The number of urea groups is 1. The lowest BCUT2D eigenvalue weighted by atomic mass is 9.76. The van der Waals surface area contributed by atoms with Gasteiger partial charge in [-0.2, -0.15) is 0 Å². The van der Waals surface area contributed by atoms with Gasteiger partial charge < -0.3 is 9.64 Å². The molecule has 0 unspecified atom stereocenters. The molecule has 11 heteroatoms. The molecule has 1 fully saturated rings. The van der Waals surface area contributed by atoms with Gasteiger partial charge in [0, 0.05) is 52.8 Å². The van der Waals surface area contributed by atoms with Gasteiger partial charge in [0.2, 0.25) is 0 Å². The van der Waals surface area contributed by atoms with E-state index in [9.17, 15) is 24.5 Å². The molecule has 1 N–H and O–H groups in total. The minimum absolute atomic E-state index is 0.00429. The Kier molecular flexibility index (Phi) is 9.09. The van der Waals surface area contributed by atoms with Crippen LogP contribution in [-0.4, -0.2) is 35.9 Å². The zero-order valence-electron chi connectivity index (χ0n) is 28.4. The molecule has 8 rings (SSSR count). The van der Waals surface area contributed by atoms with Crippen molar-refractivity contribution < 1.29 is 24.0 Å². The number of barbiturate groups is 1. The molecule has 0 saturated carbocycles. The van der Waals surface area contributed by atoms with Gasteiger partial charge in [0.25, 0.3) is 17.5 Å². The number of hydrogen-bond donors (Lipinski definition) is 1. The summed E-state index contributed by atoms with van der Waals surface area (Å²) in [6, 6.07) is 34.8. The van der Waals surface area contributed by atoms with Gasteiger partial charge >= 0.3 is 6.03 Å². The summed E-state index contributed by atoms with van der Waals surface area (Å²) in [6.45, 7) is 1.79. The van der Waals surface area contributed by atoms with E-state index < -0.39 is 22.8 Å². The lowest BCUT2D eigenvalue weighted by molar-refractivity contribution is -0.384. The van der Waals surface area contributed by atoms with Gasteiger partial charge in [-0.05, 0) is 77.1 Å². The molecule has 3 heterocycles. The molecule has 264 valence electrons. The van der Waals surface area contributed by atoms with E-state index in [-0.39, 0.29) is 29.7 Å². The van der Waals surface area contributed by atoms with Gasteiger partial charge in [-0.1, -0.05) is 88.7 Å². The van der Waals surface area contributed by atoms with E-state index in [0.29, 0.717) is 27.0 Å². The van der Waals surface area contributed by atoms with E-state index >= 15 is 0 Å². The molecule has 0 aliphatic carbocycles. The minimum Gasteiger partial charge on any atom is -0.488 e. The van der Waals surface area contributed by atoms with Crippen molar-refractivity contribution in [3.05, 3.63) is 169 Å². The van der Waals surface area contributed by atoms with Gasteiger partial charge in [-0.25, -0.2) is 9.69 Å². The molecule has 5 aromatic rings. The molecular weight excluding hydrogens is 736 g/mol. The first-order chi connectivity index (χ1) is 25.7. The van der Waals surface area contributed by atoms with Crippen LogP contribution in [0.3, 0.4) is 0 Å². The number of benzene rings is 5. The van der Waals surface area contributed by atoms with Crippen LogP contribution in [0.25, 0.3) is 6.08 Å². The van der Waals surface area contributed by atoms with Gasteiger partial charge in [-0.3, -0.25) is 25.0 Å². The number of carbonyl (C=O) groups excluding carboxylic acids is 3. The monoisotopic (exact) mass is 768 g/mol. The van der Waals surface area contributed by atoms with E-state index in [1.807, 2.05) is 48.5 Å². The molecule has 2 atom stereocenters. The fourth-order valence-electron chi connectivity index (χ4n) is 7.70. The number of rotatable bonds is 8. The first kappa shape index (κ1) is 34.0. The Morgan fingerprint density at radius 2 is 1.45 bits per heavy atom. The zero-order chi connectivity index (χ0) is 36.6. The van der Waals surface area contributed by atoms with E-state index in [1.165, 1.54) is 18.2 Å². The maximum absolute atomic E-state index is 14.4. The lowest BCUT2D eigenvalue weighted by Gasteiger charge is -2.44. The first-order valence-corrected chi connectivity index (χ1v) is 18.1. The molecule has 0 radical (unpaired) electrons. The van der Waals surface area contributed by atoms with Crippen molar-refractivity contribution in [1.82, 2.24) is 5.32 Å². The zero-order valence-corrected chi connectivity index (χ0v) is 30.0. The number of imide groups is 2. The Balaban J connectivity index is 1.20. The predicted molar refractivity (Wildman–Crippen MR) is 205 cm³/mol. The van der Waals surface area contributed by atoms with E-state index in [0.717, 1.165) is 58.8 Å². The molecule has 4 amide bonds. The van der Waals surface area contributed by atoms with Crippen LogP contribution in [0.1, 0.15) is 58.1 Å². The highest BCUT2D eigenvalue weighted by atomic mass is 79.9. The van der Waals surface area contributed by atoms with Gasteiger partial charge in [0.05, 0.1) is 10.6 Å².